The Bertz CT molecular complexity index is 622. The molecule has 0 spiro atoms. The third kappa shape index (κ3) is 4.49. The zero-order chi connectivity index (χ0) is 15.2. The lowest BCUT2D eigenvalue weighted by atomic mass is 10.1. The second kappa shape index (κ2) is 7.13. The lowest BCUT2D eigenvalue weighted by Crippen LogP contribution is -2.09. The van der Waals surface area contributed by atoms with Gasteiger partial charge in [0.25, 0.3) is 0 Å². The fourth-order valence-electron chi connectivity index (χ4n) is 2.03. The van der Waals surface area contributed by atoms with Crippen LogP contribution in [0.3, 0.4) is 0 Å². The number of carbonyl (C=O) groups excluding carboxylic acids is 1. The van der Waals surface area contributed by atoms with Crippen molar-refractivity contribution in [1.82, 2.24) is 0 Å². The van der Waals surface area contributed by atoms with Gasteiger partial charge in [-0.05, 0) is 48.6 Å². The summed E-state index contributed by atoms with van der Waals surface area (Å²) in [5, 5.41) is 5.47. The van der Waals surface area contributed by atoms with Crippen LogP contribution in [0.5, 0.6) is 0 Å². The average Bonchev–Trinajstić information content (AvgIpc) is 2.85. The number of thiophene rings is 1. The summed E-state index contributed by atoms with van der Waals surface area (Å²) in [6.07, 6.45) is 0.212. The smallest absolute Gasteiger partial charge is 0.310 e. The van der Waals surface area contributed by atoms with E-state index in [1.165, 1.54) is 10.4 Å². The molecule has 2 aromatic rings. The van der Waals surface area contributed by atoms with Gasteiger partial charge < -0.3 is 15.8 Å². The Hall–Kier alpha value is -2.01. The summed E-state index contributed by atoms with van der Waals surface area (Å²) in [4.78, 5) is 12.8. The fraction of sp³-hybridized carbons (Fsp3) is 0.312. The van der Waals surface area contributed by atoms with Crippen molar-refractivity contribution in [2.75, 3.05) is 17.7 Å². The van der Waals surface area contributed by atoms with Crippen LogP contribution in [0.2, 0.25) is 0 Å². The predicted octanol–water partition coefficient (Wildman–Crippen LogP) is 3.36. The maximum atomic E-state index is 11.5. The first-order chi connectivity index (χ1) is 10.1. The topological polar surface area (TPSA) is 64.3 Å². The van der Waals surface area contributed by atoms with Crippen molar-refractivity contribution in [3.8, 4) is 0 Å². The second-order valence-corrected chi connectivity index (χ2v) is 5.93. The van der Waals surface area contributed by atoms with Gasteiger partial charge in [0, 0.05) is 22.8 Å². The number of nitrogens with one attached hydrogen (secondary N) is 1. The molecule has 1 heterocycles. The molecule has 0 unspecified atom stereocenters. The lowest BCUT2D eigenvalue weighted by Gasteiger charge is -2.10. The highest BCUT2D eigenvalue weighted by Crippen LogP contribution is 2.20. The van der Waals surface area contributed by atoms with E-state index in [0.717, 1.165) is 17.8 Å². The second-order valence-electron chi connectivity index (χ2n) is 4.81. The van der Waals surface area contributed by atoms with Gasteiger partial charge in [-0.15, -0.1) is 11.3 Å². The van der Waals surface area contributed by atoms with Crippen molar-refractivity contribution in [3.63, 3.8) is 0 Å². The largest absolute Gasteiger partial charge is 0.466 e. The van der Waals surface area contributed by atoms with Gasteiger partial charge in [-0.2, -0.15) is 0 Å². The van der Waals surface area contributed by atoms with Crippen LogP contribution < -0.4 is 11.1 Å². The summed E-state index contributed by atoms with van der Waals surface area (Å²) in [6.45, 7) is 5.04. The highest BCUT2D eigenvalue weighted by atomic mass is 32.1. The monoisotopic (exact) mass is 304 g/mol. The Morgan fingerprint density at radius 1 is 1.38 bits per heavy atom. The maximum absolute atomic E-state index is 11.5. The number of rotatable bonds is 6. The molecule has 5 heteroatoms. The summed E-state index contributed by atoms with van der Waals surface area (Å²) < 4.78 is 4.93. The SMILES string of the molecule is CCOC(=O)Cc1ccc(NCc2csc(C)c2)cc1N. The molecule has 1 aromatic heterocycles. The highest BCUT2D eigenvalue weighted by Gasteiger charge is 2.08. The quantitative estimate of drug-likeness (QED) is 0.634. The van der Waals surface area contributed by atoms with E-state index in [0.29, 0.717) is 12.3 Å². The van der Waals surface area contributed by atoms with Crippen LogP contribution in [0, 0.1) is 6.92 Å². The van der Waals surface area contributed by atoms with Crippen molar-refractivity contribution in [2.45, 2.75) is 26.8 Å². The first kappa shape index (κ1) is 15.4. The van der Waals surface area contributed by atoms with Crippen LogP contribution in [-0.4, -0.2) is 12.6 Å². The fourth-order valence-corrected chi connectivity index (χ4v) is 2.74. The average molecular weight is 304 g/mol. The van der Waals surface area contributed by atoms with E-state index in [1.54, 1.807) is 18.3 Å². The van der Waals surface area contributed by atoms with Gasteiger partial charge in [-0.25, -0.2) is 0 Å². The van der Waals surface area contributed by atoms with Crippen LogP contribution in [0.1, 0.15) is 22.9 Å². The third-order valence-electron chi connectivity index (χ3n) is 3.07. The molecule has 0 aliphatic heterocycles. The van der Waals surface area contributed by atoms with Crippen molar-refractivity contribution in [2.24, 2.45) is 0 Å². The van der Waals surface area contributed by atoms with Crippen LogP contribution in [0.15, 0.2) is 29.6 Å². The Morgan fingerprint density at radius 3 is 2.81 bits per heavy atom. The van der Waals surface area contributed by atoms with Crippen LogP contribution in [0.4, 0.5) is 11.4 Å². The molecule has 0 aliphatic carbocycles. The van der Waals surface area contributed by atoms with E-state index in [1.807, 2.05) is 18.2 Å². The van der Waals surface area contributed by atoms with E-state index in [4.69, 9.17) is 10.5 Å². The molecule has 0 bridgehead atoms. The zero-order valence-corrected chi connectivity index (χ0v) is 13.1. The molecule has 3 N–H and O–H groups in total. The third-order valence-corrected chi connectivity index (χ3v) is 3.98. The molecule has 0 aliphatic rings. The lowest BCUT2D eigenvalue weighted by molar-refractivity contribution is -0.142. The molecule has 1 aromatic carbocycles. The van der Waals surface area contributed by atoms with Crippen LogP contribution in [0.25, 0.3) is 0 Å². The van der Waals surface area contributed by atoms with Crippen LogP contribution in [-0.2, 0) is 22.5 Å². The Labute approximate surface area is 128 Å². The summed E-state index contributed by atoms with van der Waals surface area (Å²) >= 11 is 1.74. The molecule has 0 atom stereocenters. The summed E-state index contributed by atoms with van der Waals surface area (Å²) in [5.74, 6) is -0.251. The predicted molar refractivity (Wildman–Crippen MR) is 87.6 cm³/mol. The molecular weight excluding hydrogens is 284 g/mol. The minimum absolute atomic E-state index is 0.212. The number of ether oxygens (including phenoxy) is 1. The highest BCUT2D eigenvalue weighted by molar-refractivity contribution is 7.10. The number of nitrogen functional groups attached to an aromatic ring is 1. The molecule has 0 saturated carbocycles. The standard InChI is InChI=1S/C16H20N2O2S/c1-3-20-16(19)7-13-4-5-14(8-15(13)17)18-9-12-6-11(2)21-10-12/h4-6,8,10,18H,3,7,9,17H2,1-2H3. The number of anilines is 2. The number of nitrogens with two attached hydrogens (primary N) is 1. The van der Waals surface area contributed by atoms with E-state index in [2.05, 4.69) is 23.7 Å². The Kier molecular flexibility index (Phi) is 5.22. The van der Waals surface area contributed by atoms with Gasteiger partial charge in [0.1, 0.15) is 0 Å². The van der Waals surface area contributed by atoms with Gasteiger partial charge in [0.15, 0.2) is 0 Å². The van der Waals surface area contributed by atoms with Crippen molar-refractivity contribution in [1.29, 1.82) is 0 Å². The van der Waals surface area contributed by atoms with Gasteiger partial charge in [-0.1, -0.05) is 6.07 Å². The Morgan fingerprint density at radius 2 is 2.19 bits per heavy atom. The van der Waals surface area contributed by atoms with Crippen molar-refractivity contribution < 1.29 is 9.53 Å². The molecule has 0 amide bonds. The number of hydrogen-bond acceptors (Lipinski definition) is 5. The molecule has 0 saturated heterocycles. The summed E-state index contributed by atoms with van der Waals surface area (Å²) in [6, 6.07) is 7.82. The molecule has 21 heavy (non-hydrogen) atoms. The van der Waals surface area contributed by atoms with E-state index < -0.39 is 0 Å². The van der Waals surface area contributed by atoms with E-state index in [-0.39, 0.29) is 12.4 Å². The van der Waals surface area contributed by atoms with Gasteiger partial charge in [-0.3, -0.25) is 4.79 Å². The van der Waals surface area contributed by atoms with Crippen molar-refractivity contribution >= 4 is 28.7 Å². The zero-order valence-electron chi connectivity index (χ0n) is 12.3. The Balaban J connectivity index is 1.96. The van der Waals surface area contributed by atoms with Gasteiger partial charge in [0.2, 0.25) is 0 Å². The van der Waals surface area contributed by atoms with Gasteiger partial charge >= 0.3 is 5.97 Å². The molecule has 0 fully saturated rings. The van der Waals surface area contributed by atoms with E-state index in [9.17, 15) is 4.79 Å². The maximum Gasteiger partial charge on any atom is 0.310 e. The van der Waals surface area contributed by atoms with Gasteiger partial charge in [0.05, 0.1) is 13.0 Å². The number of esters is 1. The normalized spacial score (nSPS) is 10.4. The molecule has 112 valence electrons. The first-order valence-corrected chi connectivity index (χ1v) is 7.78. The molecule has 0 radical (unpaired) electrons. The number of carbonyl (C=O) groups is 1. The number of aryl methyl sites for hydroxylation is 1. The summed E-state index contributed by atoms with van der Waals surface area (Å²) in [7, 11) is 0. The van der Waals surface area contributed by atoms with Crippen molar-refractivity contribution in [3.05, 3.63) is 45.6 Å². The number of benzene rings is 1. The first-order valence-electron chi connectivity index (χ1n) is 6.90. The molecule has 2 rings (SSSR count). The van der Waals surface area contributed by atoms with Crippen LogP contribution >= 0.6 is 11.3 Å². The number of hydrogen-bond donors (Lipinski definition) is 2. The van der Waals surface area contributed by atoms with E-state index >= 15 is 0 Å². The minimum atomic E-state index is -0.251. The minimum Gasteiger partial charge on any atom is -0.466 e. The molecular formula is C16H20N2O2S. The summed E-state index contributed by atoms with van der Waals surface area (Å²) in [5.41, 5.74) is 9.60. The molecule has 4 nitrogen and oxygen atoms in total.